The summed E-state index contributed by atoms with van der Waals surface area (Å²) in [4.78, 5) is 10.8. The van der Waals surface area contributed by atoms with E-state index < -0.39 is 0 Å². The molecule has 0 aliphatic carbocycles. The van der Waals surface area contributed by atoms with Gasteiger partial charge in [0.1, 0.15) is 5.03 Å². The van der Waals surface area contributed by atoms with Crippen molar-refractivity contribution in [2.75, 3.05) is 0 Å². The van der Waals surface area contributed by atoms with Gasteiger partial charge in [-0.2, -0.15) is 10.5 Å². The molecular weight excluding hydrogens is 400 g/mol. The Kier molecular flexibility index (Phi) is 3.80. The average Bonchev–Trinajstić information content (AvgIpc) is 2.83. The van der Waals surface area contributed by atoms with Crippen LogP contribution in [0, 0.1) is 22.7 Å². The molecule has 2 aromatic heterocycles. The highest BCUT2D eigenvalue weighted by Crippen LogP contribution is 2.47. The minimum absolute atomic E-state index is 0.473. The zero-order chi connectivity index (χ0) is 20.9. The van der Waals surface area contributed by atoms with Gasteiger partial charge in [0, 0.05) is 27.4 Å². The maximum absolute atomic E-state index is 9.34. The van der Waals surface area contributed by atoms with Crippen LogP contribution in [0.25, 0.3) is 44.1 Å². The van der Waals surface area contributed by atoms with E-state index >= 15 is 0 Å². The molecule has 0 unspecified atom stereocenters. The second-order valence-electron chi connectivity index (χ2n) is 7.35. The van der Waals surface area contributed by atoms with Crippen molar-refractivity contribution >= 4 is 33.4 Å². The Morgan fingerprint density at radius 2 is 1.58 bits per heavy atom. The van der Waals surface area contributed by atoms with Gasteiger partial charge < -0.3 is 0 Å². The fourth-order valence-electron chi connectivity index (χ4n) is 4.15. The molecule has 3 heterocycles. The molecular formula is C26H12N4S. The monoisotopic (exact) mass is 412 g/mol. The third-order valence-electron chi connectivity index (χ3n) is 5.55. The first-order chi connectivity index (χ1) is 15.2. The van der Waals surface area contributed by atoms with Gasteiger partial charge in [0.05, 0.1) is 34.5 Å². The molecule has 0 saturated heterocycles. The van der Waals surface area contributed by atoms with Crippen LogP contribution in [0.4, 0.5) is 0 Å². The van der Waals surface area contributed by atoms with Gasteiger partial charge in [0.2, 0.25) is 0 Å². The molecule has 1 aliphatic heterocycles. The Morgan fingerprint density at radius 3 is 2.39 bits per heavy atom. The van der Waals surface area contributed by atoms with Crippen LogP contribution in [0.1, 0.15) is 11.1 Å². The van der Waals surface area contributed by atoms with Crippen LogP contribution in [0.15, 0.2) is 82.8 Å². The lowest BCUT2D eigenvalue weighted by molar-refractivity contribution is 1.19. The number of pyridine rings is 2. The van der Waals surface area contributed by atoms with Gasteiger partial charge in [-0.3, -0.25) is 4.98 Å². The number of nitriles is 2. The van der Waals surface area contributed by atoms with Crippen molar-refractivity contribution in [3.8, 4) is 34.5 Å². The molecule has 6 rings (SSSR count). The summed E-state index contributed by atoms with van der Waals surface area (Å²) in [6, 6.07) is 25.9. The molecule has 0 spiro atoms. The van der Waals surface area contributed by atoms with Crippen molar-refractivity contribution < 1.29 is 0 Å². The van der Waals surface area contributed by atoms with E-state index in [0.717, 1.165) is 54.0 Å². The molecule has 0 fully saturated rings. The molecule has 0 amide bonds. The molecule has 3 aromatic carbocycles. The third kappa shape index (κ3) is 2.69. The Labute approximate surface area is 182 Å². The van der Waals surface area contributed by atoms with Crippen molar-refractivity contribution in [2.45, 2.75) is 9.92 Å². The second-order valence-corrected chi connectivity index (χ2v) is 8.38. The minimum Gasteiger partial charge on any atom is -0.255 e. The van der Waals surface area contributed by atoms with E-state index in [2.05, 4.69) is 35.3 Å². The van der Waals surface area contributed by atoms with E-state index in [4.69, 9.17) is 4.98 Å². The summed E-state index contributed by atoms with van der Waals surface area (Å²) >= 11 is 1.68. The van der Waals surface area contributed by atoms with E-state index in [0.29, 0.717) is 11.1 Å². The molecule has 0 radical (unpaired) electrons. The number of rotatable bonds is 1. The van der Waals surface area contributed by atoms with Crippen LogP contribution in [-0.2, 0) is 0 Å². The number of aromatic nitrogens is 2. The zero-order valence-corrected chi connectivity index (χ0v) is 16.9. The Morgan fingerprint density at radius 1 is 0.774 bits per heavy atom. The highest BCUT2D eigenvalue weighted by Gasteiger charge is 2.22. The maximum atomic E-state index is 9.34. The molecule has 0 atom stereocenters. The van der Waals surface area contributed by atoms with E-state index in [-0.39, 0.29) is 0 Å². The summed E-state index contributed by atoms with van der Waals surface area (Å²) in [6.07, 6.45) is 1.85. The van der Waals surface area contributed by atoms with Crippen molar-refractivity contribution in [1.29, 1.82) is 10.5 Å². The van der Waals surface area contributed by atoms with E-state index in [1.54, 1.807) is 17.8 Å². The first-order valence-corrected chi connectivity index (χ1v) is 10.5. The van der Waals surface area contributed by atoms with Gasteiger partial charge in [-0.15, -0.1) is 0 Å². The van der Waals surface area contributed by atoms with Gasteiger partial charge in [-0.05, 0) is 59.0 Å². The van der Waals surface area contributed by atoms with Crippen LogP contribution in [0.2, 0.25) is 0 Å². The maximum Gasteiger partial charge on any atom is 0.112 e. The normalized spacial score (nSPS) is 11.7. The predicted octanol–water partition coefficient (Wildman–Crippen LogP) is 6.32. The topological polar surface area (TPSA) is 73.4 Å². The number of hydrogen-bond donors (Lipinski definition) is 0. The fraction of sp³-hybridized carbons (Fsp3) is 0. The van der Waals surface area contributed by atoms with Gasteiger partial charge >= 0.3 is 0 Å². The smallest absolute Gasteiger partial charge is 0.112 e. The van der Waals surface area contributed by atoms with Gasteiger partial charge in [0.15, 0.2) is 0 Å². The highest BCUT2D eigenvalue weighted by atomic mass is 32.2. The summed E-state index contributed by atoms with van der Waals surface area (Å²) in [5, 5.41) is 22.8. The standard InChI is InChI=1S/C26H12N4S/c27-13-15-9-16(14-28)11-18(10-15)17-5-6-22-21(12-17)19-7-8-29-25-20-3-1-2-4-23(20)31-26(30-22)24(19)25/h1-12H. The third-order valence-corrected chi connectivity index (χ3v) is 6.61. The molecule has 5 aromatic rings. The van der Waals surface area contributed by atoms with E-state index in [1.165, 1.54) is 0 Å². The molecule has 31 heavy (non-hydrogen) atoms. The Hall–Kier alpha value is -4.19. The first kappa shape index (κ1) is 17.7. The van der Waals surface area contributed by atoms with Crippen molar-refractivity contribution in [3.63, 3.8) is 0 Å². The number of hydrogen-bond acceptors (Lipinski definition) is 5. The molecule has 1 aliphatic rings. The van der Waals surface area contributed by atoms with Crippen LogP contribution in [0.3, 0.4) is 0 Å². The van der Waals surface area contributed by atoms with Crippen molar-refractivity contribution in [1.82, 2.24) is 9.97 Å². The quantitative estimate of drug-likeness (QED) is 0.295. The number of benzene rings is 3. The van der Waals surface area contributed by atoms with Crippen LogP contribution >= 0.6 is 11.8 Å². The fourth-order valence-corrected chi connectivity index (χ4v) is 5.24. The highest BCUT2D eigenvalue weighted by molar-refractivity contribution is 7.99. The largest absolute Gasteiger partial charge is 0.255 e. The molecule has 0 bridgehead atoms. The number of fused-ring (bicyclic) bond motifs is 4. The first-order valence-electron chi connectivity index (χ1n) is 9.70. The van der Waals surface area contributed by atoms with Gasteiger partial charge in [0.25, 0.3) is 0 Å². The summed E-state index contributed by atoms with van der Waals surface area (Å²) in [6.45, 7) is 0. The van der Waals surface area contributed by atoms with Crippen LogP contribution in [-0.4, -0.2) is 9.97 Å². The molecule has 0 N–H and O–H groups in total. The SMILES string of the molecule is N#Cc1cc(C#N)cc(-c2ccc3nc4c5c(nccc5c3c2)-c2ccccc2S4)c1. The average molecular weight is 412 g/mol. The van der Waals surface area contributed by atoms with Crippen LogP contribution < -0.4 is 0 Å². The minimum atomic E-state index is 0.473. The summed E-state index contributed by atoms with van der Waals surface area (Å²) in [5.41, 5.74) is 5.73. The predicted molar refractivity (Wildman–Crippen MR) is 121 cm³/mol. The molecule has 5 heteroatoms. The summed E-state index contributed by atoms with van der Waals surface area (Å²) in [7, 11) is 0. The van der Waals surface area contributed by atoms with E-state index in [9.17, 15) is 10.5 Å². The molecule has 142 valence electrons. The molecule has 0 saturated carbocycles. The Balaban J connectivity index is 1.65. The van der Waals surface area contributed by atoms with Crippen molar-refractivity contribution in [3.05, 3.63) is 84.1 Å². The summed E-state index contributed by atoms with van der Waals surface area (Å²) < 4.78 is 0. The van der Waals surface area contributed by atoms with Crippen LogP contribution in [0.5, 0.6) is 0 Å². The van der Waals surface area contributed by atoms with Gasteiger partial charge in [-0.1, -0.05) is 36.0 Å². The number of nitrogens with zero attached hydrogens (tertiary/aromatic N) is 4. The van der Waals surface area contributed by atoms with Crippen molar-refractivity contribution in [2.24, 2.45) is 0 Å². The zero-order valence-electron chi connectivity index (χ0n) is 16.1. The Bertz CT molecular complexity index is 1610. The lowest BCUT2D eigenvalue weighted by Gasteiger charge is -2.19. The second kappa shape index (κ2) is 6.67. The molecule has 4 nitrogen and oxygen atoms in total. The van der Waals surface area contributed by atoms with E-state index in [1.807, 2.05) is 48.7 Å². The lowest BCUT2D eigenvalue weighted by Crippen LogP contribution is -1.98. The lowest BCUT2D eigenvalue weighted by atomic mass is 9.96. The van der Waals surface area contributed by atoms with Gasteiger partial charge in [-0.25, -0.2) is 4.98 Å². The summed E-state index contributed by atoms with van der Waals surface area (Å²) in [5.74, 6) is 0.